The summed E-state index contributed by atoms with van der Waals surface area (Å²) in [4.78, 5) is 21.9. The Morgan fingerprint density at radius 2 is 1.16 bits per heavy atom. The standard InChI is InChI=1S/C10H14O8S/c1-7(9(11)15-3)5-17-19(13,14)18-6-8(2)10(12)16-4/h5-6H,1-4H3. The highest BCUT2D eigenvalue weighted by Crippen LogP contribution is 2.05. The van der Waals surface area contributed by atoms with Crippen molar-refractivity contribution < 1.29 is 35.8 Å². The second kappa shape index (κ2) is 7.41. The average Bonchev–Trinajstić information content (AvgIpc) is 2.40. The van der Waals surface area contributed by atoms with E-state index in [0.29, 0.717) is 12.5 Å². The van der Waals surface area contributed by atoms with E-state index in [-0.39, 0.29) is 11.1 Å². The van der Waals surface area contributed by atoms with Gasteiger partial charge in [0.15, 0.2) is 0 Å². The maximum Gasteiger partial charge on any atom is 0.499 e. The fourth-order valence-corrected chi connectivity index (χ4v) is 1.27. The van der Waals surface area contributed by atoms with Crippen LogP contribution in [0.15, 0.2) is 23.7 Å². The van der Waals surface area contributed by atoms with Gasteiger partial charge in [-0.3, -0.25) is 0 Å². The molecule has 0 aromatic carbocycles. The summed E-state index contributed by atoms with van der Waals surface area (Å²) in [5.41, 5.74) is -0.160. The van der Waals surface area contributed by atoms with Crippen LogP contribution in [0.3, 0.4) is 0 Å². The van der Waals surface area contributed by atoms with E-state index in [2.05, 4.69) is 17.8 Å². The molecule has 0 aliphatic heterocycles. The van der Waals surface area contributed by atoms with Crippen LogP contribution in [0.2, 0.25) is 0 Å². The minimum absolute atomic E-state index is 0.0802. The summed E-state index contributed by atoms with van der Waals surface area (Å²) < 4.78 is 39.6. The van der Waals surface area contributed by atoms with E-state index in [0.717, 1.165) is 14.2 Å². The second-order valence-corrected chi connectivity index (χ2v) is 4.39. The Morgan fingerprint density at radius 1 is 0.842 bits per heavy atom. The van der Waals surface area contributed by atoms with Crippen molar-refractivity contribution in [2.45, 2.75) is 13.8 Å². The van der Waals surface area contributed by atoms with Crippen molar-refractivity contribution in [2.24, 2.45) is 0 Å². The number of hydrogen-bond donors (Lipinski definition) is 0. The highest BCUT2D eigenvalue weighted by atomic mass is 32.3. The normalized spacial score (nSPS) is 12.6. The molecular weight excluding hydrogens is 280 g/mol. The molecule has 0 aliphatic carbocycles. The molecule has 0 radical (unpaired) electrons. The predicted octanol–water partition coefficient (Wildman–Crippen LogP) is 0.418. The van der Waals surface area contributed by atoms with Crippen LogP contribution < -0.4 is 0 Å². The van der Waals surface area contributed by atoms with Gasteiger partial charge in [-0.2, -0.15) is 0 Å². The SMILES string of the molecule is COC(=O)C(C)=COS(=O)(=O)OC=C(C)C(=O)OC. The zero-order valence-electron chi connectivity index (χ0n) is 10.8. The first kappa shape index (κ1) is 17.0. The van der Waals surface area contributed by atoms with Gasteiger partial charge in [0.25, 0.3) is 0 Å². The summed E-state index contributed by atoms with van der Waals surface area (Å²) >= 11 is 0. The number of esters is 2. The third kappa shape index (κ3) is 6.46. The first-order valence-corrected chi connectivity index (χ1v) is 6.18. The van der Waals surface area contributed by atoms with Gasteiger partial charge in [-0.1, -0.05) is 0 Å². The summed E-state index contributed by atoms with van der Waals surface area (Å²) in [6.45, 7) is 2.58. The fourth-order valence-electron chi connectivity index (χ4n) is 0.703. The van der Waals surface area contributed by atoms with Gasteiger partial charge >= 0.3 is 22.3 Å². The van der Waals surface area contributed by atoms with E-state index in [1.54, 1.807) is 0 Å². The highest BCUT2D eigenvalue weighted by molar-refractivity contribution is 7.82. The second-order valence-electron chi connectivity index (χ2n) is 3.19. The molecule has 0 saturated carbocycles. The molecule has 0 rings (SSSR count). The van der Waals surface area contributed by atoms with Crippen LogP contribution in [-0.4, -0.2) is 34.6 Å². The monoisotopic (exact) mass is 294 g/mol. The molecule has 0 fully saturated rings. The minimum atomic E-state index is -4.42. The van der Waals surface area contributed by atoms with Crippen molar-refractivity contribution in [1.29, 1.82) is 0 Å². The van der Waals surface area contributed by atoms with E-state index in [1.165, 1.54) is 13.8 Å². The van der Waals surface area contributed by atoms with Crippen molar-refractivity contribution in [1.82, 2.24) is 0 Å². The van der Waals surface area contributed by atoms with Gasteiger partial charge < -0.3 is 17.8 Å². The molecule has 0 aromatic heterocycles. The molecule has 0 N–H and O–H groups in total. The maximum atomic E-state index is 11.2. The minimum Gasteiger partial charge on any atom is -0.466 e. The third-order valence-corrected chi connectivity index (χ3v) is 2.36. The summed E-state index contributed by atoms with van der Waals surface area (Å²) in [6, 6.07) is 0. The smallest absolute Gasteiger partial charge is 0.466 e. The third-order valence-electron chi connectivity index (χ3n) is 1.70. The predicted molar refractivity (Wildman–Crippen MR) is 62.6 cm³/mol. The van der Waals surface area contributed by atoms with Crippen molar-refractivity contribution >= 4 is 22.3 Å². The van der Waals surface area contributed by atoms with Gasteiger partial charge in [0.1, 0.15) is 12.5 Å². The van der Waals surface area contributed by atoms with Gasteiger partial charge in [-0.05, 0) is 13.8 Å². The Labute approximate surface area is 110 Å². The zero-order valence-corrected chi connectivity index (χ0v) is 11.6. The van der Waals surface area contributed by atoms with E-state index in [4.69, 9.17) is 0 Å². The molecule has 0 bridgehead atoms. The van der Waals surface area contributed by atoms with Crippen LogP contribution in [0.25, 0.3) is 0 Å². The number of ether oxygens (including phenoxy) is 2. The lowest BCUT2D eigenvalue weighted by molar-refractivity contribution is -0.137. The first-order chi connectivity index (χ1) is 8.73. The van der Waals surface area contributed by atoms with Crippen LogP contribution in [0.1, 0.15) is 13.8 Å². The highest BCUT2D eigenvalue weighted by Gasteiger charge is 2.13. The molecule has 0 heterocycles. The molecule has 0 unspecified atom stereocenters. The molecule has 0 aliphatic rings. The number of methoxy groups -OCH3 is 2. The van der Waals surface area contributed by atoms with Gasteiger partial charge in [0.05, 0.1) is 25.4 Å². The summed E-state index contributed by atoms with van der Waals surface area (Å²) in [5, 5.41) is 0. The molecule has 0 saturated heterocycles. The van der Waals surface area contributed by atoms with Gasteiger partial charge in [-0.15, -0.1) is 8.42 Å². The van der Waals surface area contributed by atoms with Gasteiger partial charge in [0, 0.05) is 0 Å². The van der Waals surface area contributed by atoms with Crippen LogP contribution in [0, 0.1) is 0 Å². The Kier molecular flexibility index (Phi) is 6.62. The molecule has 8 nitrogen and oxygen atoms in total. The van der Waals surface area contributed by atoms with Gasteiger partial charge in [-0.25, -0.2) is 9.59 Å². The van der Waals surface area contributed by atoms with E-state index in [9.17, 15) is 18.0 Å². The number of carbonyl (C=O) groups is 2. The molecule has 0 spiro atoms. The zero-order chi connectivity index (χ0) is 15.1. The van der Waals surface area contributed by atoms with Crippen LogP contribution in [0.4, 0.5) is 0 Å². The summed E-state index contributed by atoms with van der Waals surface area (Å²) in [5.74, 6) is -1.51. The Morgan fingerprint density at radius 3 is 1.42 bits per heavy atom. The molecular formula is C10H14O8S. The van der Waals surface area contributed by atoms with Crippen molar-refractivity contribution in [2.75, 3.05) is 14.2 Å². The molecule has 9 heteroatoms. The van der Waals surface area contributed by atoms with Crippen LogP contribution in [0.5, 0.6) is 0 Å². The average molecular weight is 294 g/mol. The quantitative estimate of drug-likeness (QED) is 0.394. The fraction of sp³-hybridized carbons (Fsp3) is 0.400. The van der Waals surface area contributed by atoms with E-state index >= 15 is 0 Å². The number of hydrogen-bond acceptors (Lipinski definition) is 8. The topological polar surface area (TPSA) is 105 Å². The van der Waals surface area contributed by atoms with Crippen molar-refractivity contribution in [3.8, 4) is 0 Å². The molecule has 0 atom stereocenters. The lowest BCUT2D eigenvalue weighted by Crippen LogP contribution is -2.08. The Balaban J connectivity index is 4.68. The van der Waals surface area contributed by atoms with Crippen molar-refractivity contribution in [3.63, 3.8) is 0 Å². The number of rotatable bonds is 6. The van der Waals surface area contributed by atoms with Crippen molar-refractivity contribution in [3.05, 3.63) is 23.7 Å². The molecule has 0 aromatic rings. The lowest BCUT2D eigenvalue weighted by atomic mass is 10.3. The van der Waals surface area contributed by atoms with Crippen LogP contribution >= 0.6 is 0 Å². The molecule has 0 amide bonds. The van der Waals surface area contributed by atoms with E-state index < -0.39 is 22.3 Å². The summed E-state index contributed by atoms with van der Waals surface area (Å²) in [7, 11) is -2.16. The Bertz CT molecular complexity index is 460. The largest absolute Gasteiger partial charge is 0.499 e. The number of carbonyl (C=O) groups excluding carboxylic acids is 2. The molecule has 108 valence electrons. The van der Waals surface area contributed by atoms with E-state index in [1.807, 2.05) is 0 Å². The van der Waals surface area contributed by atoms with Crippen LogP contribution in [-0.2, 0) is 37.8 Å². The van der Waals surface area contributed by atoms with Gasteiger partial charge in [0.2, 0.25) is 0 Å². The first-order valence-electron chi connectivity index (χ1n) is 4.85. The summed E-state index contributed by atoms with van der Waals surface area (Å²) in [6.07, 6.45) is 1.31. The Hall–Kier alpha value is -2.03. The molecule has 19 heavy (non-hydrogen) atoms. The lowest BCUT2D eigenvalue weighted by Gasteiger charge is -2.03. The maximum absolute atomic E-state index is 11.2.